The molecule has 0 aliphatic carbocycles. The number of ketones is 1. The summed E-state index contributed by atoms with van der Waals surface area (Å²) in [5, 5.41) is 19.0. The third-order valence-corrected chi connectivity index (χ3v) is 2.11. The SMILES string of the molecule is O=C(O)C(=O)Cc1ncc(Br)cc1[N+](=O)[O-]. The lowest BCUT2D eigenvalue weighted by Gasteiger charge is -1.99. The van der Waals surface area contributed by atoms with E-state index >= 15 is 0 Å². The Morgan fingerprint density at radius 2 is 2.19 bits per heavy atom. The molecule has 0 aliphatic rings. The number of nitrogens with zero attached hydrogens (tertiary/aromatic N) is 2. The molecule has 1 aromatic heterocycles. The quantitative estimate of drug-likeness (QED) is 0.502. The summed E-state index contributed by atoms with van der Waals surface area (Å²) in [6.07, 6.45) is 0.663. The van der Waals surface area contributed by atoms with Crippen LogP contribution < -0.4 is 0 Å². The van der Waals surface area contributed by atoms with Crippen LogP contribution in [0.1, 0.15) is 5.69 Å². The Morgan fingerprint density at radius 1 is 1.56 bits per heavy atom. The van der Waals surface area contributed by atoms with Crippen molar-refractivity contribution in [2.45, 2.75) is 6.42 Å². The topological polar surface area (TPSA) is 110 Å². The minimum absolute atomic E-state index is 0.166. The van der Waals surface area contributed by atoms with E-state index in [-0.39, 0.29) is 11.4 Å². The van der Waals surface area contributed by atoms with Gasteiger partial charge in [0.2, 0.25) is 5.78 Å². The lowest BCUT2D eigenvalue weighted by molar-refractivity contribution is -0.385. The molecule has 1 aromatic rings. The van der Waals surface area contributed by atoms with Crippen molar-refractivity contribution in [3.05, 3.63) is 32.5 Å². The summed E-state index contributed by atoms with van der Waals surface area (Å²) in [5.74, 6) is -2.78. The lowest BCUT2D eigenvalue weighted by atomic mass is 10.2. The molecule has 0 radical (unpaired) electrons. The Labute approximate surface area is 97.4 Å². The summed E-state index contributed by atoms with van der Waals surface area (Å²) in [7, 11) is 0. The zero-order valence-electron chi connectivity index (χ0n) is 7.71. The van der Waals surface area contributed by atoms with Gasteiger partial charge in [0.1, 0.15) is 5.69 Å². The van der Waals surface area contributed by atoms with Gasteiger partial charge in [-0.2, -0.15) is 0 Å². The molecular weight excluding hydrogens is 284 g/mol. The molecule has 0 unspecified atom stereocenters. The number of hydrogen-bond acceptors (Lipinski definition) is 5. The van der Waals surface area contributed by atoms with Crippen LogP contribution in [0.25, 0.3) is 0 Å². The van der Waals surface area contributed by atoms with Crippen LogP contribution in [0.4, 0.5) is 5.69 Å². The fourth-order valence-corrected chi connectivity index (χ4v) is 1.30. The molecule has 0 bridgehead atoms. The van der Waals surface area contributed by atoms with E-state index in [9.17, 15) is 19.7 Å². The highest BCUT2D eigenvalue weighted by atomic mass is 79.9. The number of aromatic nitrogens is 1. The van der Waals surface area contributed by atoms with E-state index in [1.807, 2.05) is 0 Å². The molecule has 0 amide bonds. The monoisotopic (exact) mass is 288 g/mol. The minimum Gasteiger partial charge on any atom is -0.475 e. The van der Waals surface area contributed by atoms with E-state index in [2.05, 4.69) is 20.9 Å². The molecule has 16 heavy (non-hydrogen) atoms. The average Bonchev–Trinajstić information content (AvgIpc) is 2.20. The molecule has 1 N–H and O–H groups in total. The molecule has 1 heterocycles. The Kier molecular flexibility index (Phi) is 3.67. The number of aliphatic carboxylic acids is 1. The summed E-state index contributed by atoms with van der Waals surface area (Å²) in [6, 6.07) is 1.16. The van der Waals surface area contributed by atoms with E-state index in [0.29, 0.717) is 4.47 Å². The summed E-state index contributed by atoms with van der Waals surface area (Å²) < 4.78 is 0.380. The van der Waals surface area contributed by atoms with Crippen LogP contribution in [0.3, 0.4) is 0 Å². The zero-order valence-corrected chi connectivity index (χ0v) is 9.30. The summed E-state index contributed by atoms with van der Waals surface area (Å²) in [6.45, 7) is 0. The van der Waals surface area contributed by atoms with Gasteiger partial charge >= 0.3 is 5.97 Å². The number of hydrogen-bond donors (Lipinski definition) is 1. The molecule has 0 spiro atoms. The molecule has 0 fully saturated rings. The number of Topliss-reactive ketones (excluding diaryl/α,β-unsaturated/α-hetero) is 1. The number of carbonyl (C=O) groups is 2. The first-order chi connectivity index (χ1) is 7.41. The van der Waals surface area contributed by atoms with Gasteiger partial charge in [-0.25, -0.2) is 4.79 Å². The summed E-state index contributed by atoms with van der Waals surface area (Å²) in [5.41, 5.74) is -0.551. The normalized spacial score (nSPS) is 9.81. The van der Waals surface area contributed by atoms with Crippen LogP contribution in [-0.2, 0) is 16.0 Å². The van der Waals surface area contributed by atoms with Crippen LogP contribution in [0.15, 0.2) is 16.7 Å². The molecule has 0 aromatic carbocycles. The van der Waals surface area contributed by atoms with Crippen molar-refractivity contribution in [1.29, 1.82) is 0 Å². The zero-order chi connectivity index (χ0) is 12.3. The molecule has 0 aliphatic heterocycles. The highest BCUT2D eigenvalue weighted by molar-refractivity contribution is 9.10. The number of carboxylic acids is 1. The van der Waals surface area contributed by atoms with Gasteiger partial charge in [0.15, 0.2) is 0 Å². The van der Waals surface area contributed by atoms with Gasteiger partial charge < -0.3 is 5.11 Å². The molecule has 0 saturated heterocycles. The average molecular weight is 289 g/mol. The second-order valence-electron chi connectivity index (χ2n) is 2.78. The van der Waals surface area contributed by atoms with Crippen molar-refractivity contribution < 1.29 is 19.6 Å². The van der Waals surface area contributed by atoms with Crippen LogP contribution in [0.5, 0.6) is 0 Å². The van der Waals surface area contributed by atoms with Crippen molar-refractivity contribution in [2.75, 3.05) is 0 Å². The maximum Gasteiger partial charge on any atom is 0.372 e. The largest absolute Gasteiger partial charge is 0.475 e. The number of pyridine rings is 1. The van der Waals surface area contributed by atoms with Crippen molar-refractivity contribution in [2.24, 2.45) is 0 Å². The summed E-state index contributed by atoms with van der Waals surface area (Å²) in [4.78, 5) is 34.7. The standard InChI is InChI=1S/C8H5BrN2O5/c9-4-1-6(11(15)16)5(10-3-4)2-7(12)8(13)14/h1,3H,2H2,(H,13,14). The van der Waals surface area contributed by atoms with Gasteiger partial charge in [0.25, 0.3) is 5.69 Å². The van der Waals surface area contributed by atoms with Gasteiger partial charge in [-0.05, 0) is 15.9 Å². The minimum atomic E-state index is -1.64. The van der Waals surface area contributed by atoms with E-state index < -0.39 is 23.1 Å². The molecule has 84 valence electrons. The summed E-state index contributed by atoms with van der Waals surface area (Å²) >= 11 is 2.99. The number of nitro groups is 1. The van der Waals surface area contributed by atoms with Crippen molar-refractivity contribution >= 4 is 33.4 Å². The Balaban J connectivity index is 3.09. The lowest BCUT2D eigenvalue weighted by Crippen LogP contribution is -2.16. The molecule has 0 atom stereocenters. The highest BCUT2D eigenvalue weighted by Crippen LogP contribution is 2.21. The van der Waals surface area contributed by atoms with Crippen molar-refractivity contribution in [3.8, 4) is 0 Å². The first-order valence-corrected chi connectivity index (χ1v) is 4.76. The Bertz CT molecular complexity index is 473. The van der Waals surface area contributed by atoms with Crippen LogP contribution >= 0.6 is 15.9 Å². The smallest absolute Gasteiger partial charge is 0.372 e. The molecule has 0 saturated carbocycles. The molecule has 8 heteroatoms. The Hall–Kier alpha value is -1.83. The fraction of sp³-hybridized carbons (Fsp3) is 0.125. The number of carboxylic acid groups (broad SMARTS) is 1. The van der Waals surface area contributed by atoms with Gasteiger partial charge in [-0.1, -0.05) is 0 Å². The first kappa shape index (κ1) is 12.2. The van der Waals surface area contributed by atoms with E-state index in [4.69, 9.17) is 5.11 Å². The Morgan fingerprint density at radius 3 is 2.69 bits per heavy atom. The van der Waals surface area contributed by atoms with Crippen molar-refractivity contribution in [3.63, 3.8) is 0 Å². The molecular formula is C8H5BrN2O5. The van der Waals surface area contributed by atoms with Gasteiger partial charge in [-0.3, -0.25) is 19.9 Å². The predicted octanol–water partition coefficient (Wildman–Crippen LogP) is 0.948. The van der Waals surface area contributed by atoms with Gasteiger partial charge in [0.05, 0.1) is 11.3 Å². The van der Waals surface area contributed by atoms with Crippen LogP contribution in [0, 0.1) is 10.1 Å². The second kappa shape index (κ2) is 4.79. The maximum atomic E-state index is 10.9. The third kappa shape index (κ3) is 2.83. The van der Waals surface area contributed by atoms with E-state index in [1.54, 1.807) is 0 Å². The van der Waals surface area contributed by atoms with E-state index in [0.717, 1.165) is 6.07 Å². The third-order valence-electron chi connectivity index (χ3n) is 1.68. The number of carbonyl (C=O) groups excluding carboxylic acids is 1. The van der Waals surface area contributed by atoms with Crippen molar-refractivity contribution in [1.82, 2.24) is 4.98 Å². The van der Waals surface area contributed by atoms with Gasteiger partial charge in [-0.15, -0.1) is 0 Å². The maximum absolute atomic E-state index is 10.9. The number of rotatable bonds is 4. The highest BCUT2D eigenvalue weighted by Gasteiger charge is 2.21. The van der Waals surface area contributed by atoms with Crippen LogP contribution in [0.2, 0.25) is 0 Å². The second-order valence-corrected chi connectivity index (χ2v) is 3.70. The first-order valence-electron chi connectivity index (χ1n) is 3.96. The van der Waals surface area contributed by atoms with Gasteiger partial charge in [0, 0.05) is 16.7 Å². The number of halogens is 1. The predicted molar refractivity (Wildman–Crippen MR) is 54.9 cm³/mol. The molecule has 7 nitrogen and oxygen atoms in total. The molecule has 1 rings (SSSR count). The fourth-order valence-electron chi connectivity index (χ4n) is 0.979. The van der Waals surface area contributed by atoms with Crippen LogP contribution in [-0.4, -0.2) is 26.8 Å². The van der Waals surface area contributed by atoms with E-state index in [1.165, 1.54) is 6.20 Å².